The molecule has 0 aliphatic carbocycles. The maximum absolute atomic E-state index is 12.2. The molecule has 0 fully saturated rings. The fourth-order valence-corrected chi connectivity index (χ4v) is 2.73. The Morgan fingerprint density at radius 1 is 1.25 bits per heavy atom. The zero-order valence-electron chi connectivity index (χ0n) is 13.3. The van der Waals surface area contributed by atoms with Gasteiger partial charge in [-0.1, -0.05) is 18.2 Å². The van der Waals surface area contributed by atoms with Crippen LogP contribution in [0.5, 0.6) is 0 Å². The van der Waals surface area contributed by atoms with E-state index in [0.29, 0.717) is 18.1 Å². The highest BCUT2D eigenvalue weighted by Gasteiger charge is 2.20. The second-order valence-corrected chi connectivity index (χ2v) is 6.05. The lowest BCUT2D eigenvalue weighted by atomic mass is 10.1. The van der Waals surface area contributed by atoms with Crippen molar-refractivity contribution in [3.8, 4) is 10.8 Å². The van der Waals surface area contributed by atoms with E-state index < -0.39 is 12.1 Å². The minimum atomic E-state index is -0.627. The Morgan fingerprint density at radius 3 is 2.71 bits per heavy atom. The molecular formula is C17H16N2O4S. The Hall–Kier alpha value is -2.51. The molecule has 124 valence electrons. The van der Waals surface area contributed by atoms with Crippen LogP contribution in [0.2, 0.25) is 0 Å². The van der Waals surface area contributed by atoms with E-state index in [1.54, 1.807) is 26.2 Å². The molecule has 0 saturated heterocycles. The number of benzene rings is 1. The highest BCUT2D eigenvalue weighted by Crippen LogP contribution is 2.26. The van der Waals surface area contributed by atoms with Gasteiger partial charge < -0.3 is 13.9 Å². The van der Waals surface area contributed by atoms with Crippen molar-refractivity contribution in [2.24, 2.45) is 0 Å². The molecule has 6 nitrogen and oxygen atoms in total. The van der Waals surface area contributed by atoms with Gasteiger partial charge in [-0.05, 0) is 36.1 Å². The molecule has 0 amide bonds. The van der Waals surface area contributed by atoms with E-state index in [1.165, 1.54) is 11.3 Å². The summed E-state index contributed by atoms with van der Waals surface area (Å²) in [6.45, 7) is 2.20. The molecular weight excluding hydrogens is 328 g/mol. The summed E-state index contributed by atoms with van der Waals surface area (Å²) in [6.07, 6.45) is -0.627. The van der Waals surface area contributed by atoms with Gasteiger partial charge in [0.1, 0.15) is 0 Å². The molecule has 3 rings (SSSR count). The number of ether oxygens (including phenoxy) is 2. The van der Waals surface area contributed by atoms with Crippen LogP contribution in [0.1, 0.15) is 34.8 Å². The molecule has 0 bridgehead atoms. The predicted molar refractivity (Wildman–Crippen MR) is 88.6 cm³/mol. The lowest BCUT2D eigenvalue weighted by Gasteiger charge is -2.09. The molecule has 0 aliphatic rings. The highest BCUT2D eigenvalue weighted by atomic mass is 32.1. The minimum absolute atomic E-state index is 0.266. The summed E-state index contributed by atoms with van der Waals surface area (Å²) in [5.41, 5.74) is 1.44. The summed E-state index contributed by atoms with van der Waals surface area (Å²) in [5.74, 6) is 0.247. The number of rotatable bonds is 6. The van der Waals surface area contributed by atoms with Gasteiger partial charge in [0.25, 0.3) is 11.8 Å². The Labute approximate surface area is 143 Å². The maximum atomic E-state index is 12.2. The molecule has 1 aromatic carbocycles. The van der Waals surface area contributed by atoms with Gasteiger partial charge in [0.15, 0.2) is 6.10 Å². The zero-order chi connectivity index (χ0) is 16.9. The number of nitrogens with zero attached hydrogens (tertiary/aromatic N) is 2. The summed E-state index contributed by atoms with van der Waals surface area (Å²) < 4.78 is 16.0. The predicted octanol–water partition coefficient (Wildman–Crippen LogP) is 3.86. The number of methoxy groups -OCH3 is 1. The van der Waals surface area contributed by atoms with Crippen LogP contribution in [-0.4, -0.2) is 23.3 Å². The van der Waals surface area contributed by atoms with Crippen LogP contribution >= 0.6 is 11.3 Å². The molecule has 7 heteroatoms. The molecule has 0 unspecified atom stereocenters. The van der Waals surface area contributed by atoms with Gasteiger partial charge in [-0.3, -0.25) is 0 Å². The van der Waals surface area contributed by atoms with Crippen molar-refractivity contribution < 1.29 is 18.7 Å². The van der Waals surface area contributed by atoms with Gasteiger partial charge in [-0.2, -0.15) is 0 Å². The number of hydrogen-bond acceptors (Lipinski definition) is 7. The first-order valence-electron chi connectivity index (χ1n) is 7.33. The van der Waals surface area contributed by atoms with Crippen molar-refractivity contribution in [1.29, 1.82) is 0 Å². The van der Waals surface area contributed by atoms with E-state index in [2.05, 4.69) is 10.2 Å². The average Bonchev–Trinajstić information content (AvgIpc) is 3.27. The monoisotopic (exact) mass is 344 g/mol. The number of esters is 1. The molecule has 24 heavy (non-hydrogen) atoms. The summed E-state index contributed by atoms with van der Waals surface area (Å²) in [6, 6.07) is 10.8. The van der Waals surface area contributed by atoms with Crippen LogP contribution in [0.4, 0.5) is 0 Å². The van der Waals surface area contributed by atoms with E-state index in [1.807, 2.05) is 29.6 Å². The number of carbonyl (C=O) groups excluding carboxylic acids is 1. The van der Waals surface area contributed by atoms with Crippen LogP contribution in [-0.2, 0) is 16.1 Å². The number of hydrogen-bond donors (Lipinski definition) is 0. The molecule has 0 N–H and O–H groups in total. The molecule has 2 heterocycles. The third-order valence-electron chi connectivity index (χ3n) is 3.30. The first kappa shape index (κ1) is 16.4. The Balaban J connectivity index is 1.65. The third kappa shape index (κ3) is 3.69. The lowest BCUT2D eigenvalue weighted by molar-refractivity contribution is 0.0280. The molecule has 0 spiro atoms. The van der Waals surface area contributed by atoms with Gasteiger partial charge in [0.2, 0.25) is 0 Å². The fourth-order valence-electron chi connectivity index (χ4n) is 2.08. The van der Waals surface area contributed by atoms with E-state index >= 15 is 0 Å². The van der Waals surface area contributed by atoms with Crippen molar-refractivity contribution in [1.82, 2.24) is 10.2 Å². The molecule has 2 aromatic heterocycles. The zero-order valence-corrected chi connectivity index (χ0v) is 14.1. The van der Waals surface area contributed by atoms with Crippen LogP contribution in [0.15, 0.2) is 46.2 Å². The number of thiophene rings is 1. The summed E-state index contributed by atoms with van der Waals surface area (Å²) in [5, 5.41) is 9.86. The quantitative estimate of drug-likeness (QED) is 0.632. The number of aromatic nitrogens is 2. The Bertz CT molecular complexity index is 796. The van der Waals surface area contributed by atoms with Gasteiger partial charge in [0, 0.05) is 7.11 Å². The third-order valence-corrected chi connectivity index (χ3v) is 4.16. The summed E-state index contributed by atoms with van der Waals surface area (Å²) in [7, 11) is 1.62. The fraction of sp³-hybridized carbons (Fsp3) is 0.235. The molecule has 0 aliphatic heterocycles. The van der Waals surface area contributed by atoms with E-state index in [0.717, 1.165) is 10.4 Å². The normalized spacial score (nSPS) is 12.1. The Kier molecular flexibility index (Phi) is 5.02. The van der Waals surface area contributed by atoms with Crippen molar-refractivity contribution in [3.05, 3.63) is 58.8 Å². The smallest absolute Gasteiger partial charge is 0.338 e. The van der Waals surface area contributed by atoms with Crippen molar-refractivity contribution >= 4 is 17.3 Å². The molecule has 0 saturated carbocycles. The van der Waals surface area contributed by atoms with Gasteiger partial charge in [-0.25, -0.2) is 4.79 Å². The van der Waals surface area contributed by atoms with Gasteiger partial charge >= 0.3 is 5.97 Å². The van der Waals surface area contributed by atoms with Crippen molar-refractivity contribution in [2.75, 3.05) is 7.11 Å². The minimum Gasteiger partial charge on any atom is -0.449 e. The summed E-state index contributed by atoms with van der Waals surface area (Å²) in [4.78, 5) is 13.1. The van der Waals surface area contributed by atoms with E-state index in [9.17, 15) is 4.79 Å². The van der Waals surface area contributed by atoms with Crippen molar-refractivity contribution in [2.45, 2.75) is 19.6 Å². The number of carbonyl (C=O) groups is 1. The van der Waals surface area contributed by atoms with Crippen LogP contribution in [0, 0.1) is 0 Å². The second-order valence-electron chi connectivity index (χ2n) is 5.10. The largest absolute Gasteiger partial charge is 0.449 e. The molecule has 3 aromatic rings. The molecule has 1 atom stereocenters. The SMILES string of the molecule is COCc1ccc(C(=O)O[C@@H](C)c2nnc(-c3cccs3)o2)cc1. The standard InChI is InChI=1S/C17H16N2O4S/c1-11(15-18-19-16(23-15)14-4-3-9-24-14)22-17(20)13-7-5-12(6-8-13)10-21-2/h3-9,11H,10H2,1-2H3/t11-/m0/s1. The topological polar surface area (TPSA) is 74.5 Å². The second kappa shape index (κ2) is 7.37. The van der Waals surface area contributed by atoms with Crippen LogP contribution in [0.25, 0.3) is 10.8 Å². The van der Waals surface area contributed by atoms with Crippen LogP contribution in [0.3, 0.4) is 0 Å². The molecule has 0 radical (unpaired) electrons. The Morgan fingerprint density at radius 2 is 2.04 bits per heavy atom. The highest BCUT2D eigenvalue weighted by molar-refractivity contribution is 7.13. The maximum Gasteiger partial charge on any atom is 0.338 e. The lowest BCUT2D eigenvalue weighted by Crippen LogP contribution is -2.09. The summed E-state index contributed by atoms with van der Waals surface area (Å²) >= 11 is 1.50. The van der Waals surface area contributed by atoms with E-state index in [-0.39, 0.29) is 5.89 Å². The van der Waals surface area contributed by atoms with Crippen molar-refractivity contribution in [3.63, 3.8) is 0 Å². The first-order valence-corrected chi connectivity index (χ1v) is 8.21. The van der Waals surface area contributed by atoms with Gasteiger partial charge in [-0.15, -0.1) is 21.5 Å². The average molecular weight is 344 g/mol. The first-order chi connectivity index (χ1) is 11.7. The van der Waals surface area contributed by atoms with Gasteiger partial charge in [0.05, 0.1) is 17.0 Å². The van der Waals surface area contributed by atoms with Crippen LogP contribution < -0.4 is 0 Å². The van der Waals surface area contributed by atoms with E-state index in [4.69, 9.17) is 13.9 Å².